The molecule has 0 saturated heterocycles. The summed E-state index contributed by atoms with van der Waals surface area (Å²) in [5, 5.41) is 0.178. The Morgan fingerprint density at radius 2 is 1.79 bits per heavy atom. The third-order valence-electron chi connectivity index (χ3n) is 3.15. The minimum Gasteiger partial charge on any atom is -0.207 e. The molecule has 2 aromatic rings. The van der Waals surface area contributed by atoms with Crippen molar-refractivity contribution in [1.82, 2.24) is 4.98 Å². The number of benzene rings is 1. The van der Waals surface area contributed by atoms with Crippen LogP contribution in [0, 0.1) is 5.95 Å². The summed E-state index contributed by atoms with van der Waals surface area (Å²) in [5.41, 5.74) is 2.62. The average molecular weight is 278 g/mol. The van der Waals surface area contributed by atoms with Crippen LogP contribution in [0.4, 0.5) is 4.39 Å². The van der Waals surface area contributed by atoms with Crippen LogP contribution in [-0.2, 0) is 6.42 Å². The van der Waals surface area contributed by atoms with Gasteiger partial charge in [0.25, 0.3) is 0 Å². The van der Waals surface area contributed by atoms with E-state index < -0.39 is 5.95 Å². The van der Waals surface area contributed by atoms with Crippen LogP contribution in [0.15, 0.2) is 36.4 Å². The molecule has 0 unspecified atom stereocenters. The van der Waals surface area contributed by atoms with Crippen LogP contribution in [0.1, 0.15) is 31.7 Å². The number of halogens is 2. The lowest BCUT2D eigenvalue weighted by Gasteiger charge is -2.05. The monoisotopic (exact) mass is 277 g/mol. The van der Waals surface area contributed by atoms with Crippen molar-refractivity contribution in [2.24, 2.45) is 0 Å². The van der Waals surface area contributed by atoms with Gasteiger partial charge in [0.15, 0.2) is 0 Å². The number of aryl methyl sites for hydroxylation is 1. The Morgan fingerprint density at radius 1 is 1.05 bits per heavy atom. The van der Waals surface area contributed by atoms with Crippen LogP contribution < -0.4 is 0 Å². The van der Waals surface area contributed by atoms with E-state index >= 15 is 0 Å². The highest BCUT2D eigenvalue weighted by Gasteiger charge is 2.06. The number of aromatic nitrogens is 1. The molecule has 0 bridgehead atoms. The maximum Gasteiger partial charge on any atom is 0.222 e. The van der Waals surface area contributed by atoms with Gasteiger partial charge in [-0.1, -0.05) is 55.6 Å². The molecule has 0 fully saturated rings. The van der Waals surface area contributed by atoms with Crippen LogP contribution in [0.2, 0.25) is 5.15 Å². The molecule has 0 atom stereocenters. The van der Waals surface area contributed by atoms with Gasteiger partial charge < -0.3 is 0 Å². The summed E-state index contributed by atoms with van der Waals surface area (Å²) in [6, 6.07) is 11.3. The molecule has 1 nitrogen and oxygen atoms in total. The van der Waals surface area contributed by atoms with E-state index in [2.05, 4.69) is 24.0 Å². The minimum atomic E-state index is -0.522. The van der Waals surface area contributed by atoms with Crippen LogP contribution in [-0.4, -0.2) is 4.98 Å². The predicted molar refractivity (Wildman–Crippen MR) is 77.9 cm³/mol. The number of pyridine rings is 1. The van der Waals surface area contributed by atoms with Gasteiger partial charge in [-0.2, -0.15) is 4.39 Å². The number of hydrogen-bond acceptors (Lipinski definition) is 1. The molecular weight excluding hydrogens is 261 g/mol. The lowest BCUT2D eigenvalue weighted by molar-refractivity contribution is 0.588. The molecule has 1 aromatic heterocycles. The predicted octanol–water partition coefficient (Wildman–Crippen LogP) is 5.27. The van der Waals surface area contributed by atoms with Gasteiger partial charge >= 0.3 is 0 Å². The zero-order chi connectivity index (χ0) is 13.7. The Balaban J connectivity index is 2.13. The van der Waals surface area contributed by atoms with Gasteiger partial charge in [0.2, 0.25) is 5.95 Å². The Kier molecular flexibility index (Phi) is 4.92. The lowest BCUT2D eigenvalue weighted by atomic mass is 10.0. The van der Waals surface area contributed by atoms with Crippen LogP contribution in [0.5, 0.6) is 0 Å². The number of nitrogens with zero attached hydrogens (tertiary/aromatic N) is 1. The fourth-order valence-corrected chi connectivity index (χ4v) is 2.19. The summed E-state index contributed by atoms with van der Waals surface area (Å²) in [6.45, 7) is 2.19. The first kappa shape index (κ1) is 14.0. The van der Waals surface area contributed by atoms with Crippen molar-refractivity contribution in [3.63, 3.8) is 0 Å². The molecule has 2 rings (SSSR count). The summed E-state index contributed by atoms with van der Waals surface area (Å²) in [7, 11) is 0. The van der Waals surface area contributed by atoms with Gasteiger partial charge in [-0.15, -0.1) is 0 Å². The first-order chi connectivity index (χ1) is 9.20. The standard InChI is InChI=1S/C16H17ClFN/c1-2-3-4-5-12-6-8-13(9-7-12)14-10-11-15(17)19-16(14)18/h6-11H,2-5H2,1H3. The third-order valence-corrected chi connectivity index (χ3v) is 3.36. The van der Waals surface area contributed by atoms with Crippen LogP contribution in [0.3, 0.4) is 0 Å². The normalized spacial score (nSPS) is 10.7. The van der Waals surface area contributed by atoms with E-state index in [1.54, 1.807) is 12.1 Å². The summed E-state index contributed by atoms with van der Waals surface area (Å²) in [4.78, 5) is 3.63. The smallest absolute Gasteiger partial charge is 0.207 e. The van der Waals surface area contributed by atoms with Crippen molar-refractivity contribution >= 4 is 11.6 Å². The van der Waals surface area contributed by atoms with E-state index in [0.717, 1.165) is 12.0 Å². The molecule has 0 amide bonds. The topological polar surface area (TPSA) is 12.9 Å². The summed E-state index contributed by atoms with van der Waals surface area (Å²) in [6.07, 6.45) is 4.75. The van der Waals surface area contributed by atoms with Crippen molar-refractivity contribution < 1.29 is 4.39 Å². The molecule has 3 heteroatoms. The molecule has 19 heavy (non-hydrogen) atoms. The van der Waals surface area contributed by atoms with E-state index in [1.165, 1.54) is 24.8 Å². The number of unbranched alkanes of at least 4 members (excludes halogenated alkanes) is 2. The molecule has 0 radical (unpaired) electrons. The highest BCUT2D eigenvalue weighted by Crippen LogP contribution is 2.23. The van der Waals surface area contributed by atoms with E-state index in [4.69, 9.17) is 11.6 Å². The largest absolute Gasteiger partial charge is 0.222 e. The molecule has 0 aliphatic heterocycles. The molecule has 0 N–H and O–H groups in total. The van der Waals surface area contributed by atoms with Gasteiger partial charge in [0, 0.05) is 5.56 Å². The maximum absolute atomic E-state index is 13.7. The zero-order valence-electron chi connectivity index (χ0n) is 11.0. The minimum absolute atomic E-state index is 0.178. The van der Waals surface area contributed by atoms with Gasteiger partial charge in [-0.25, -0.2) is 4.98 Å². The molecule has 0 aliphatic rings. The first-order valence-corrected chi connectivity index (χ1v) is 7.00. The fourth-order valence-electron chi connectivity index (χ4n) is 2.06. The van der Waals surface area contributed by atoms with E-state index in [9.17, 15) is 4.39 Å². The maximum atomic E-state index is 13.7. The molecule has 100 valence electrons. The second-order valence-electron chi connectivity index (χ2n) is 4.63. The Morgan fingerprint density at radius 3 is 2.42 bits per heavy atom. The SMILES string of the molecule is CCCCCc1ccc(-c2ccc(Cl)nc2F)cc1. The van der Waals surface area contributed by atoms with Gasteiger partial charge in [-0.05, 0) is 36.1 Å². The van der Waals surface area contributed by atoms with E-state index in [-0.39, 0.29) is 5.15 Å². The molecular formula is C16H17ClFN. The Labute approximate surface area is 118 Å². The molecule has 1 aromatic carbocycles. The van der Waals surface area contributed by atoms with E-state index in [1.807, 2.05) is 12.1 Å². The zero-order valence-corrected chi connectivity index (χ0v) is 11.8. The van der Waals surface area contributed by atoms with Gasteiger partial charge in [-0.3, -0.25) is 0 Å². The molecule has 0 aliphatic carbocycles. The summed E-state index contributed by atoms with van der Waals surface area (Å²) < 4.78 is 13.7. The summed E-state index contributed by atoms with van der Waals surface area (Å²) >= 11 is 5.65. The number of hydrogen-bond donors (Lipinski definition) is 0. The van der Waals surface area contributed by atoms with Gasteiger partial charge in [0.1, 0.15) is 5.15 Å². The molecule has 0 saturated carbocycles. The van der Waals surface area contributed by atoms with Crippen LogP contribution >= 0.6 is 11.6 Å². The van der Waals surface area contributed by atoms with Gasteiger partial charge in [0.05, 0.1) is 0 Å². The second kappa shape index (κ2) is 6.67. The molecule has 1 heterocycles. The second-order valence-corrected chi connectivity index (χ2v) is 5.01. The molecule has 0 spiro atoms. The van der Waals surface area contributed by atoms with Crippen molar-refractivity contribution in [1.29, 1.82) is 0 Å². The third kappa shape index (κ3) is 3.77. The van der Waals surface area contributed by atoms with E-state index in [0.29, 0.717) is 5.56 Å². The van der Waals surface area contributed by atoms with Crippen molar-refractivity contribution in [3.8, 4) is 11.1 Å². The fraction of sp³-hybridized carbons (Fsp3) is 0.312. The first-order valence-electron chi connectivity index (χ1n) is 6.62. The van der Waals surface area contributed by atoms with Crippen molar-refractivity contribution in [2.45, 2.75) is 32.6 Å². The van der Waals surface area contributed by atoms with Crippen molar-refractivity contribution in [2.75, 3.05) is 0 Å². The van der Waals surface area contributed by atoms with Crippen LogP contribution in [0.25, 0.3) is 11.1 Å². The summed E-state index contributed by atoms with van der Waals surface area (Å²) in [5.74, 6) is -0.522. The Bertz CT molecular complexity index is 537. The quantitative estimate of drug-likeness (QED) is 0.536. The number of rotatable bonds is 5. The Hall–Kier alpha value is -1.41. The van der Waals surface area contributed by atoms with Crippen molar-refractivity contribution in [3.05, 3.63) is 53.1 Å². The lowest BCUT2D eigenvalue weighted by Crippen LogP contribution is -1.90. The highest BCUT2D eigenvalue weighted by molar-refractivity contribution is 6.29. The average Bonchev–Trinajstić information content (AvgIpc) is 2.40. The highest BCUT2D eigenvalue weighted by atomic mass is 35.5.